The van der Waals surface area contributed by atoms with Gasteiger partial charge < -0.3 is 10.3 Å². The molecule has 19 heavy (non-hydrogen) atoms. The summed E-state index contributed by atoms with van der Waals surface area (Å²) in [4.78, 5) is 23.8. The summed E-state index contributed by atoms with van der Waals surface area (Å²) in [6.07, 6.45) is 4.10. The Morgan fingerprint density at radius 1 is 1.16 bits per heavy atom. The van der Waals surface area contributed by atoms with E-state index in [2.05, 4.69) is 5.10 Å². The van der Waals surface area contributed by atoms with Gasteiger partial charge in [-0.3, -0.25) is 14.0 Å². The van der Waals surface area contributed by atoms with Crippen molar-refractivity contribution in [1.82, 2.24) is 18.9 Å². The van der Waals surface area contributed by atoms with Gasteiger partial charge in [0.05, 0.1) is 13.1 Å². The highest BCUT2D eigenvalue weighted by Gasteiger charge is 2.05. The number of anilines is 1. The van der Waals surface area contributed by atoms with Crippen molar-refractivity contribution in [3.8, 4) is 0 Å². The Morgan fingerprint density at radius 3 is 2.58 bits per heavy atom. The van der Waals surface area contributed by atoms with E-state index in [1.165, 1.54) is 16.8 Å². The van der Waals surface area contributed by atoms with E-state index in [1.54, 1.807) is 21.5 Å². The van der Waals surface area contributed by atoms with Crippen LogP contribution >= 0.6 is 0 Å². The van der Waals surface area contributed by atoms with Crippen molar-refractivity contribution in [1.29, 1.82) is 0 Å². The monoisotopic (exact) mass is 263 g/mol. The average Bonchev–Trinajstić information content (AvgIpc) is 2.79. The first-order valence-electron chi connectivity index (χ1n) is 6.21. The predicted octanol–water partition coefficient (Wildman–Crippen LogP) is -0.101. The number of hydrogen-bond donors (Lipinski definition) is 1. The summed E-state index contributed by atoms with van der Waals surface area (Å²) < 4.78 is 4.37. The number of rotatable bonds is 5. The molecule has 0 atom stereocenters. The van der Waals surface area contributed by atoms with Crippen molar-refractivity contribution < 1.29 is 0 Å². The molecule has 0 bridgehead atoms. The van der Waals surface area contributed by atoms with Crippen molar-refractivity contribution in [2.45, 2.75) is 33.0 Å². The summed E-state index contributed by atoms with van der Waals surface area (Å²) in [6.45, 7) is 3.30. The van der Waals surface area contributed by atoms with Crippen LogP contribution in [-0.4, -0.2) is 18.9 Å². The lowest BCUT2D eigenvalue weighted by Crippen LogP contribution is -2.39. The lowest BCUT2D eigenvalue weighted by atomic mass is 10.4. The zero-order chi connectivity index (χ0) is 13.8. The van der Waals surface area contributed by atoms with Gasteiger partial charge in [-0.1, -0.05) is 6.92 Å². The highest BCUT2D eigenvalue weighted by atomic mass is 16.2. The Hall–Kier alpha value is -2.31. The summed E-state index contributed by atoms with van der Waals surface area (Å²) in [5.41, 5.74) is 4.93. The quantitative estimate of drug-likeness (QED) is 0.816. The maximum absolute atomic E-state index is 12.1. The van der Waals surface area contributed by atoms with E-state index in [-0.39, 0.29) is 17.8 Å². The summed E-state index contributed by atoms with van der Waals surface area (Å²) >= 11 is 0. The third-order valence-corrected chi connectivity index (χ3v) is 2.82. The fourth-order valence-corrected chi connectivity index (χ4v) is 1.88. The second kappa shape index (κ2) is 5.55. The summed E-state index contributed by atoms with van der Waals surface area (Å²) in [5, 5.41) is 4.01. The largest absolute Gasteiger partial charge is 0.382 e. The molecule has 2 heterocycles. The first-order chi connectivity index (χ1) is 9.11. The fraction of sp³-hybridized carbons (Fsp3) is 0.417. The molecule has 0 aliphatic heterocycles. The van der Waals surface area contributed by atoms with E-state index < -0.39 is 0 Å². The van der Waals surface area contributed by atoms with Gasteiger partial charge in [0.15, 0.2) is 0 Å². The van der Waals surface area contributed by atoms with Gasteiger partial charge >= 0.3 is 5.69 Å². The van der Waals surface area contributed by atoms with Gasteiger partial charge in [-0.05, 0) is 12.5 Å². The molecule has 0 fully saturated rings. The maximum atomic E-state index is 12.1. The van der Waals surface area contributed by atoms with Crippen LogP contribution in [0.25, 0.3) is 0 Å². The second-order valence-electron chi connectivity index (χ2n) is 4.29. The Bertz CT molecular complexity index is 667. The predicted molar refractivity (Wildman–Crippen MR) is 71.9 cm³/mol. The molecule has 7 nitrogen and oxygen atoms in total. The number of nitrogen functional groups attached to an aromatic ring is 1. The molecule has 0 radical (unpaired) electrons. The molecule has 0 spiro atoms. The van der Waals surface area contributed by atoms with Crippen LogP contribution in [0.4, 0.5) is 5.82 Å². The zero-order valence-corrected chi connectivity index (χ0v) is 10.8. The molecule has 7 heteroatoms. The third kappa shape index (κ3) is 2.93. The number of hydrogen-bond acceptors (Lipinski definition) is 4. The maximum Gasteiger partial charge on any atom is 0.331 e. The Labute approximate surface area is 109 Å². The van der Waals surface area contributed by atoms with E-state index >= 15 is 0 Å². The Balaban J connectivity index is 2.22. The van der Waals surface area contributed by atoms with Gasteiger partial charge in [0.2, 0.25) is 0 Å². The van der Waals surface area contributed by atoms with Gasteiger partial charge in [-0.2, -0.15) is 5.10 Å². The van der Waals surface area contributed by atoms with Gasteiger partial charge in [0.25, 0.3) is 5.56 Å². The fourth-order valence-electron chi connectivity index (χ4n) is 1.88. The van der Waals surface area contributed by atoms with Crippen molar-refractivity contribution in [3.05, 3.63) is 45.4 Å². The van der Waals surface area contributed by atoms with Crippen molar-refractivity contribution >= 4 is 5.82 Å². The first kappa shape index (κ1) is 13.1. The molecule has 0 aliphatic carbocycles. The molecule has 2 aromatic heterocycles. The minimum absolute atomic E-state index is 0.281. The van der Waals surface area contributed by atoms with Gasteiger partial charge in [0.1, 0.15) is 5.82 Å². The lowest BCUT2D eigenvalue weighted by molar-refractivity contribution is 0.483. The highest BCUT2D eigenvalue weighted by Crippen LogP contribution is 1.95. The van der Waals surface area contributed by atoms with E-state index in [1.807, 2.05) is 6.92 Å². The molecule has 0 amide bonds. The van der Waals surface area contributed by atoms with Crippen LogP contribution in [0.2, 0.25) is 0 Å². The number of aryl methyl sites for hydroxylation is 2. The van der Waals surface area contributed by atoms with Crippen molar-refractivity contribution in [3.63, 3.8) is 0 Å². The number of nitrogens with zero attached hydrogens (tertiary/aromatic N) is 4. The van der Waals surface area contributed by atoms with E-state index in [9.17, 15) is 9.59 Å². The molecule has 0 saturated carbocycles. The molecule has 0 unspecified atom stereocenters. The standard InChI is InChI=1S/C12H17N5O2/c1-2-5-15-6-4-11(18)17(12(15)19)9-8-16-7-3-10(13)14-16/h3-4,6-7H,2,5,8-9H2,1H3,(H2,13,14). The highest BCUT2D eigenvalue weighted by molar-refractivity contribution is 5.23. The lowest BCUT2D eigenvalue weighted by Gasteiger charge is -2.08. The van der Waals surface area contributed by atoms with Gasteiger partial charge in [-0.25, -0.2) is 4.79 Å². The van der Waals surface area contributed by atoms with Crippen molar-refractivity contribution in [2.24, 2.45) is 0 Å². The van der Waals surface area contributed by atoms with Crippen molar-refractivity contribution in [2.75, 3.05) is 5.73 Å². The second-order valence-corrected chi connectivity index (χ2v) is 4.29. The zero-order valence-electron chi connectivity index (χ0n) is 10.8. The minimum atomic E-state index is -0.294. The Morgan fingerprint density at radius 2 is 1.95 bits per heavy atom. The number of nitrogens with two attached hydrogens (primary N) is 1. The van der Waals surface area contributed by atoms with Crippen LogP contribution in [0.5, 0.6) is 0 Å². The van der Waals surface area contributed by atoms with Crippen LogP contribution in [0, 0.1) is 0 Å². The van der Waals surface area contributed by atoms with Crippen LogP contribution < -0.4 is 17.0 Å². The SMILES string of the molecule is CCCn1ccc(=O)n(CCn2ccc(N)n2)c1=O. The van der Waals surface area contributed by atoms with E-state index in [4.69, 9.17) is 5.73 Å². The van der Waals surface area contributed by atoms with Gasteiger partial charge in [0, 0.05) is 25.0 Å². The van der Waals surface area contributed by atoms with E-state index in [0.29, 0.717) is 18.9 Å². The molecule has 0 saturated heterocycles. The molecule has 2 aromatic rings. The van der Waals surface area contributed by atoms with Crippen LogP contribution in [0.15, 0.2) is 34.1 Å². The number of aromatic nitrogens is 4. The average molecular weight is 263 g/mol. The Kier molecular flexibility index (Phi) is 3.84. The summed E-state index contributed by atoms with van der Waals surface area (Å²) in [6, 6.07) is 3.08. The third-order valence-electron chi connectivity index (χ3n) is 2.82. The molecule has 0 aliphatic rings. The topological polar surface area (TPSA) is 87.8 Å². The smallest absolute Gasteiger partial charge is 0.331 e. The van der Waals surface area contributed by atoms with Crippen LogP contribution in [0.1, 0.15) is 13.3 Å². The van der Waals surface area contributed by atoms with E-state index in [0.717, 1.165) is 6.42 Å². The van der Waals surface area contributed by atoms with Crippen LogP contribution in [-0.2, 0) is 19.6 Å². The summed E-state index contributed by atoms with van der Waals surface area (Å²) in [5.74, 6) is 0.420. The molecule has 2 N–H and O–H groups in total. The van der Waals surface area contributed by atoms with Gasteiger partial charge in [-0.15, -0.1) is 0 Å². The molecule has 102 valence electrons. The summed E-state index contributed by atoms with van der Waals surface area (Å²) in [7, 11) is 0. The molecule has 2 rings (SSSR count). The minimum Gasteiger partial charge on any atom is -0.382 e. The normalized spacial score (nSPS) is 10.8. The molecular weight excluding hydrogens is 246 g/mol. The van der Waals surface area contributed by atoms with Crippen LogP contribution in [0.3, 0.4) is 0 Å². The molecule has 0 aromatic carbocycles. The molecular formula is C12H17N5O2. The first-order valence-corrected chi connectivity index (χ1v) is 6.21.